The van der Waals surface area contributed by atoms with Gasteiger partial charge in [-0.05, 0) is 30.8 Å². The molecule has 0 saturated heterocycles. The minimum absolute atomic E-state index is 0.0840. The van der Waals surface area contributed by atoms with Crippen molar-refractivity contribution in [1.29, 1.82) is 0 Å². The van der Waals surface area contributed by atoms with E-state index in [-0.39, 0.29) is 16.8 Å². The molecule has 3 N–H and O–H groups in total. The zero-order valence-electron chi connectivity index (χ0n) is 11.2. The molecule has 1 rings (SSSR count). The van der Waals surface area contributed by atoms with E-state index in [1.807, 2.05) is 6.92 Å². The highest BCUT2D eigenvalue weighted by Crippen LogP contribution is 2.32. The Morgan fingerprint density at radius 3 is 2.56 bits per heavy atom. The molecule has 7 heteroatoms. The van der Waals surface area contributed by atoms with Gasteiger partial charge in [-0.15, -0.1) is 0 Å². The van der Waals surface area contributed by atoms with Crippen LogP contribution in [0.4, 0.5) is 10.8 Å². The minimum Gasteiger partial charge on any atom is -0.382 e. The van der Waals surface area contributed by atoms with E-state index in [1.54, 1.807) is 0 Å². The summed E-state index contributed by atoms with van der Waals surface area (Å²) in [5.74, 6) is 0.681. The first-order valence-electron chi connectivity index (χ1n) is 5.97. The van der Waals surface area contributed by atoms with Crippen LogP contribution in [0.2, 0.25) is 0 Å². The summed E-state index contributed by atoms with van der Waals surface area (Å²) in [5.41, 5.74) is 5.61. The lowest BCUT2D eigenvalue weighted by atomic mass is 10.0. The SMILES string of the molecule is CCC(C)CC(C)Nc1snc(N)c1S(C)(=O)=O. The number of nitrogen functional groups attached to an aromatic ring is 1. The zero-order valence-corrected chi connectivity index (χ0v) is 12.9. The maximum absolute atomic E-state index is 11.6. The molecule has 104 valence electrons. The van der Waals surface area contributed by atoms with Crippen LogP contribution in [0.5, 0.6) is 0 Å². The van der Waals surface area contributed by atoms with E-state index in [2.05, 4.69) is 23.5 Å². The molecule has 5 nitrogen and oxygen atoms in total. The Hall–Kier alpha value is -0.820. The number of nitrogens with two attached hydrogens (primary N) is 1. The molecular formula is C11H21N3O2S2. The van der Waals surface area contributed by atoms with Crippen LogP contribution in [0.25, 0.3) is 0 Å². The van der Waals surface area contributed by atoms with Crippen molar-refractivity contribution in [2.24, 2.45) is 5.92 Å². The fraction of sp³-hybridized carbons (Fsp3) is 0.727. The number of nitrogens with zero attached hydrogens (tertiary/aromatic N) is 1. The Bertz CT molecular complexity index is 496. The van der Waals surface area contributed by atoms with E-state index in [0.717, 1.165) is 30.6 Å². The van der Waals surface area contributed by atoms with Gasteiger partial charge in [0.2, 0.25) is 0 Å². The molecule has 0 aromatic carbocycles. The van der Waals surface area contributed by atoms with Crippen molar-refractivity contribution in [3.63, 3.8) is 0 Å². The largest absolute Gasteiger partial charge is 0.382 e. The molecule has 18 heavy (non-hydrogen) atoms. The molecule has 0 aliphatic heterocycles. The van der Waals surface area contributed by atoms with E-state index < -0.39 is 9.84 Å². The summed E-state index contributed by atoms with van der Waals surface area (Å²) in [5, 5.41) is 3.75. The van der Waals surface area contributed by atoms with Gasteiger partial charge in [0.1, 0.15) is 9.90 Å². The van der Waals surface area contributed by atoms with Crippen molar-refractivity contribution >= 4 is 32.2 Å². The van der Waals surface area contributed by atoms with Crippen LogP contribution in [0, 0.1) is 5.92 Å². The molecule has 0 amide bonds. The maximum Gasteiger partial charge on any atom is 0.182 e. The molecule has 0 radical (unpaired) electrons. The van der Waals surface area contributed by atoms with Crippen molar-refractivity contribution in [3.05, 3.63) is 0 Å². The fourth-order valence-electron chi connectivity index (χ4n) is 1.80. The molecule has 0 aliphatic rings. The van der Waals surface area contributed by atoms with Gasteiger partial charge >= 0.3 is 0 Å². The van der Waals surface area contributed by atoms with Crippen LogP contribution in [0.1, 0.15) is 33.6 Å². The summed E-state index contributed by atoms with van der Waals surface area (Å²) in [7, 11) is -3.34. The van der Waals surface area contributed by atoms with Gasteiger partial charge in [-0.25, -0.2) is 8.42 Å². The van der Waals surface area contributed by atoms with Crippen molar-refractivity contribution in [2.45, 2.75) is 44.6 Å². The van der Waals surface area contributed by atoms with Crippen LogP contribution in [-0.4, -0.2) is 25.1 Å². The smallest absolute Gasteiger partial charge is 0.182 e. The first-order valence-corrected chi connectivity index (χ1v) is 8.63. The average Bonchev–Trinajstić information content (AvgIpc) is 2.58. The van der Waals surface area contributed by atoms with E-state index in [9.17, 15) is 8.42 Å². The Balaban J connectivity index is 2.86. The number of sulfone groups is 1. The van der Waals surface area contributed by atoms with Gasteiger partial charge in [0, 0.05) is 12.3 Å². The summed E-state index contributed by atoms with van der Waals surface area (Å²) < 4.78 is 27.2. The lowest BCUT2D eigenvalue weighted by Crippen LogP contribution is -2.19. The molecule has 0 fully saturated rings. The van der Waals surface area contributed by atoms with E-state index in [1.165, 1.54) is 0 Å². The first kappa shape index (κ1) is 15.2. The molecule has 0 aliphatic carbocycles. The lowest BCUT2D eigenvalue weighted by Gasteiger charge is -2.17. The van der Waals surface area contributed by atoms with Gasteiger partial charge in [0.25, 0.3) is 0 Å². The number of hydrogen-bond donors (Lipinski definition) is 2. The second kappa shape index (κ2) is 5.88. The Morgan fingerprint density at radius 1 is 1.44 bits per heavy atom. The fourth-order valence-corrected chi connectivity index (χ4v) is 3.96. The van der Waals surface area contributed by atoms with Crippen molar-refractivity contribution in [3.8, 4) is 0 Å². The highest BCUT2D eigenvalue weighted by molar-refractivity contribution is 7.91. The maximum atomic E-state index is 11.6. The second-order valence-electron chi connectivity index (χ2n) is 4.79. The number of hydrogen-bond acceptors (Lipinski definition) is 6. The summed E-state index contributed by atoms with van der Waals surface area (Å²) >= 11 is 1.10. The van der Waals surface area contributed by atoms with Gasteiger partial charge in [0.15, 0.2) is 15.7 Å². The van der Waals surface area contributed by atoms with Crippen LogP contribution < -0.4 is 11.1 Å². The highest BCUT2D eigenvalue weighted by Gasteiger charge is 2.22. The Morgan fingerprint density at radius 2 is 2.06 bits per heavy atom. The normalized spacial score (nSPS) is 15.3. The highest BCUT2D eigenvalue weighted by atomic mass is 32.2. The molecule has 1 aromatic heterocycles. The summed E-state index contributed by atoms with van der Waals surface area (Å²) in [6.45, 7) is 6.36. The van der Waals surface area contributed by atoms with Crippen LogP contribution in [0.15, 0.2) is 4.90 Å². The monoisotopic (exact) mass is 291 g/mol. The summed E-state index contributed by atoms with van der Waals surface area (Å²) in [6.07, 6.45) is 3.24. The standard InChI is InChI=1S/C11H21N3O2S2/c1-5-7(2)6-8(3)13-11-9(18(4,15)16)10(12)14-17-11/h7-8,13H,5-6H2,1-4H3,(H2,12,14). The van der Waals surface area contributed by atoms with Crippen LogP contribution in [0.3, 0.4) is 0 Å². The van der Waals surface area contributed by atoms with Gasteiger partial charge in [-0.3, -0.25) is 0 Å². The molecule has 1 aromatic rings. The topological polar surface area (TPSA) is 85.1 Å². The van der Waals surface area contributed by atoms with Crippen molar-refractivity contribution in [2.75, 3.05) is 17.3 Å². The van der Waals surface area contributed by atoms with Gasteiger partial charge in [-0.2, -0.15) is 4.37 Å². The third-order valence-electron chi connectivity index (χ3n) is 2.88. The molecule has 2 unspecified atom stereocenters. The molecule has 2 atom stereocenters. The number of anilines is 2. The molecule has 0 spiro atoms. The molecule has 0 bridgehead atoms. The second-order valence-corrected chi connectivity index (χ2v) is 7.52. The van der Waals surface area contributed by atoms with E-state index in [4.69, 9.17) is 5.73 Å². The quantitative estimate of drug-likeness (QED) is 0.840. The minimum atomic E-state index is -3.34. The molecular weight excluding hydrogens is 270 g/mol. The van der Waals surface area contributed by atoms with Crippen molar-refractivity contribution in [1.82, 2.24) is 4.37 Å². The molecule has 0 saturated carbocycles. The summed E-state index contributed by atoms with van der Waals surface area (Å²) in [4.78, 5) is 0.128. The van der Waals surface area contributed by atoms with Gasteiger partial charge < -0.3 is 11.1 Å². The number of aromatic nitrogens is 1. The predicted molar refractivity (Wildman–Crippen MR) is 76.8 cm³/mol. The Labute approximate surface area is 113 Å². The van der Waals surface area contributed by atoms with E-state index in [0.29, 0.717) is 10.9 Å². The number of nitrogens with one attached hydrogen (secondary N) is 1. The van der Waals surface area contributed by atoms with E-state index >= 15 is 0 Å². The third kappa shape index (κ3) is 3.84. The first-order chi connectivity index (χ1) is 8.25. The lowest BCUT2D eigenvalue weighted by molar-refractivity contribution is 0.484. The Kier molecular flexibility index (Phi) is 4.98. The average molecular weight is 291 g/mol. The van der Waals surface area contributed by atoms with Crippen LogP contribution >= 0.6 is 11.5 Å². The van der Waals surface area contributed by atoms with Crippen molar-refractivity contribution < 1.29 is 8.42 Å². The predicted octanol–water partition coefficient (Wildman–Crippen LogP) is 2.37. The van der Waals surface area contributed by atoms with Gasteiger partial charge in [0.05, 0.1) is 0 Å². The third-order valence-corrected chi connectivity index (χ3v) is 4.95. The van der Waals surface area contributed by atoms with Crippen LogP contribution in [-0.2, 0) is 9.84 Å². The molecule has 1 heterocycles. The van der Waals surface area contributed by atoms with Gasteiger partial charge in [-0.1, -0.05) is 20.3 Å². The zero-order chi connectivity index (χ0) is 13.9. The summed E-state index contributed by atoms with van der Waals surface area (Å²) in [6, 6.07) is 0.195. The number of rotatable bonds is 6.